The molecule has 2 aliphatic heterocycles. The molecule has 2 saturated heterocycles. The highest BCUT2D eigenvalue weighted by Crippen LogP contribution is 2.39. The molecule has 0 radical (unpaired) electrons. The van der Waals surface area contributed by atoms with Crippen molar-refractivity contribution in [2.75, 3.05) is 39.4 Å². The van der Waals surface area contributed by atoms with E-state index in [4.69, 9.17) is 9.47 Å². The van der Waals surface area contributed by atoms with Gasteiger partial charge in [0, 0.05) is 51.0 Å². The van der Waals surface area contributed by atoms with Crippen LogP contribution in [0.25, 0.3) is 0 Å². The van der Waals surface area contributed by atoms with Crippen LogP contribution in [-0.2, 0) is 4.74 Å². The van der Waals surface area contributed by atoms with E-state index in [0.29, 0.717) is 11.7 Å². The fourth-order valence-corrected chi connectivity index (χ4v) is 3.67. The summed E-state index contributed by atoms with van der Waals surface area (Å²) >= 11 is 0. The maximum atomic E-state index is 12.8. The first-order valence-electron chi connectivity index (χ1n) is 8.32. The van der Waals surface area contributed by atoms with Crippen LogP contribution in [0.4, 0.5) is 8.78 Å². The summed E-state index contributed by atoms with van der Waals surface area (Å²) in [4.78, 5) is 2.40. The van der Waals surface area contributed by atoms with Gasteiger partial charge >= 0.3 is 6.61 Å². The number of halogens is 4. The minimum absolute atomic E-state index is 0. The number of piperazine rings is 1. The van der Waals surface area contributed by atoms with E-state index in [1.54, 1.807) is 12.1 Å². The van der Waals surface area contributed by atoms with Crippen LogP contribution >= 0.6 is 24.8 Å². The van der Waals surface area contributed by atoms with Crippen molar-refractivity contribution < 1.29 is 18.3 Å². The Balaban J connectivity index is 0.00000156. The van der Waals surface area contributed by atoms with Crippen molar-refractivity contribution in [1.29, 1.82) is 0 Å². The molecule has 0 spiro atoms. The van der Waals surface area contributed by atoms with Crippen molar-refractivity contribution >= 4 is 24.8 Å². The third kappa shape index (κ3) is 5.93. The van der Waals surface area contributed by atoms with Gasteiger partial charge in [-0.1, -0.05) is 18.2 Å². The van der Waals surface area contributed by atoms with E-state index in [1.807, 2.05) is 12.1 Å². The van der Waals surface area contributed by atoms with Crippen molar-refractivity contribution in [3.63, 3.8) is 0 Å². The quantitative estimate of drug-likeness (QED) is 0.822. The molecule has 1 N–H and O–H groups in total. The third-order valence-electron chi connectivity index (χ3n) is 4.71. The minimum atomic E-state index is -2.80. The molecule has 0 bridgehead atoms. The number of nitrogens with one attached hydrogen (secondary N) is 1. The van der Waals surface area contributed by atoms with Gasteiger partial charge in [-0.05, 0) is 24.8 Å². The maximum Gasteiger partial charge on any atom is 0.387 e. The predicted molar refractivity (Wildman–Crippen MR) is 98.3 cm³/mol. The van der Waals surface area contributed by atoms with E-state index in [9.17, 15) is 8.78 Å². The fourth-order valence-electron chi connectivity index (χ4n) is 3.67. The molecule has 0 unspecified atom stereocenters. The zero-order chi connectivity index (χ0) is 16.1. The van der Waals surface area contributed by atoms with Crippen LogP contribution < -0.4 is 10.1 Å². The van der Waals surface area contributed by atoms with Gasteiger partial charge in [-0.2, -0.15) is 8.78 Å². The molecule has 0 aromatic heterocycles. The van der Waals surface area contributed by atoms with Gasteiger partial charge in [0.1, 0.15) is 5.75 Å². The summed E-state index contributed by atoms with van der Waals surface area (Å²) in [5, 5.41) is 3.35. The summed E-state index contributed by atoms with van der Waals surface area (Å²) in [7, 11) is 0. The first kappa shape index (κ1) is 22.4. The molecule has 1 aromatic rings. The molecule has 0 amide bonds. The first-order valence-corrected chi connectivity index (χ1v) is 8.32. The molecular formula is C17H26Cl2F2N2O2. The van der Waals surface area contributed by atoms with E-state index in [0.717, 1.165) is 57.8 Å². The Morgan fingerprint density at radius 3 is 2.36 bits per heavy atom. The highest BCUT2D eigenvalue weighted by Gasteiger charge is 2.33. The van der Waals surface area contributed by atoms with E-state index in [-0.39, 0.29) is 30.9 Å². The van der Waals surface area contributed by atoms with Crippen molar-refractivity contribution in [1.82, 2.24) is 10.2 Å². The highest BCUT2D eigenvalue weighted by atomic mass is 35.5. The van der Waals surface area contributed by atoms with E-state index < -0.39 is 6.61 Å². The van der Waals surface area contributed by atoms with Crippen LogP contribution in [0.5, 0.6) is 5.75 Å². The molecule has 1 aromatic carbocycles. The largest absolute Gasteiger partial charge is 0.434 e. The molecule has 8 heteroatoms. The van der Waals surface area contributed by atoms with Gasteiger partial charge in [0.2, 0.25) is 0 Å². The summed E-state index contributed by atoms with van der Waals surface area (Å²) in [5.41, 5.74) is 0.876. The van der Waals surface area contributed by atoms with Crippen molar-refractivity contribution in [3.05, 3.63) is 29.8 Å². The summed E-state index contributed by atoms with van der Waals surface area (Å²) < 4.78 is 35.9. The van der Waals surface area contributed by atoms with E-state index in [1.165, 1.54) is 0 Å². The van der Waals surface area contributed by atoms with Crippen molar-refractivity contribution in [3.8, 4) is 5.75 Å². The Bertz CT molecular complexity index is 481. The molecule has 0 aliphatic carbocycles. The Labute approximate surface area is 160 Å². The topological polar surface area (TPSA) is 33.7 Å². The number of nitrogens with zero attached hydrogens (tertiary/aromatic N) is 1. The number of hydrogen-bond donors (Lipinski definition) is 1. The number of alkyl halides is 2. The monoisotopic (exact) mass is 398 g/mol. The number of hydrogen-bond acceptors (Lipinski definition) is 4. The Kier molecular flexibility index (Phi) is 9.97. The lowest BCUT2D eigenvalue weighted by molar-refractivity contribution is -0.0524. The van der Waals surface area contributed by atoms with E-state index in [2.05, 4.69) is 10.2 Å². The van der Waals surface area contributed by atoms with E-state index >= 15 is 0 Å². The van der Waals surface area contributed by atoms with Crippen LogP contribution in [0.15, 0.2) is 24.3 Å². The van der Waals surface area contributed by atoms with Crippen molar-refractivity contribution in [2.45, 2.75) is 25.5 Å². The lowest BCUT2D eigenvalue weighted by Crippen LogP contribution is -2.47. The van der Waals surface area contributed by atoms with Gasteiger partial charge in [-0.25, -0.2) is 0 Å². The van der Waals surface area contributed by atoms with Gasteiger partial charge in [0.25, 0.3) is 0 Å². The predicted octanol–water partition coefficient (Wildman–Crippen LogP) is 3.50. The summed E-state index contributed by atoms with van der Waals surface area (Å²) in [6.07, 6.45) is 1.91. The summed E-state index contributed by atoms with van der Waals surface area (Å²) in [6.45, 7) is 2.39. The first-order chi connectivity index (χ1) is 11.3. The Hall–Kier alpha value is -0.660. The lowest BCUT2D eigenvalue weighted by atomic mass is 9.85. The van der Waals surface area contributed by atoms with Gasteiger partial charge in [0.05, 0.1) is 0 Å². The van der Waals surface area contributed by atoms with Crippen LogP contribution in [0.3, 0.4) is 0 Å². The molecule has 144 valence electrons. The Morgan fingerprint density at radius 2 is 1.72 bits per heavy atom. The third-order valence-corrected chi connectivity index (χ3v) is 4.71. The average molecular weight is 399 g/mol. The second kappa shape index (κ2) is 11.1. The zero-order valence-corrected chi connectivity index (χ0v) is 15.7. The number of para-hydroxylation sites is 1. The molecule has 2 heterocycles. The highest BCUT2D eigenvalue weighted by molar-refractivity contribution is 5.85. The molecule has 25 heavy (non-hydrogen) atoms. The molecule has 3 rings (SSSR count). The summed E-state index contributed by atoms with van der Waals surface area (Å²) in [5.74, 6) is 0.710. The average Bonchev–Trinajstić information content (AvgIpc) is 2.58. The number of ether oxygens (including phenoxy) is 2. The zero-order valence-electron chi connectivity index (χ0n) is 14.0. The molecule has 4 nitrogen and oxygen atoms in total. The number of rotatable bonds is 5. The van der Waals surface area contributed by atoms with Gasteiger partial charge in [-0.3, -0.25) is 4.90 Å². The molecule has 2 fully saturated rings. The molecule has 1 atom stereocenters. The van der Waals surface area contributed by atoms with Crippen LogP contribution in [-0.4, -0.2) is 50.9 Å². The Morgan fingerprint density at radius 1 is 1.08 bits per heavy atom. The standard InChI is InChI=1S/C17H24F2N2O2.2ClH/c18-17(19)23-15-4-2-1-3-14(15)16(13-5-11-22-12-6-13)21-9-7-20-8-10-21;;/h1-4,13,16-17,20H,5-12H2;2*1H/t16-;;/m0../s1. The van der Waals surface area contributed by atoms with Gasteiger partial charge < -0.3 is 14.8 Å². The molecule has 2 aliphatic rings. The molecular weight excluding hydrogens is 373 g/mol. The van der Waals surface area contributed by atoms with Crippen LogP contribution in [0.1, 0.15) is 24.4 Å². The minimum Gasteiger partial charge on any atom is -0.434 e. The smallest absolute Gasteiger partial charge is 0.387 e. The lowest BCUT2D eigenvalue weighted by Gasteiger charge is -2.41. The van der Waals surface area contributed by atoms with Crippen LogP contribution in [0.2, 0.25) is 0 Å². The van der Waals surface area contributed by atoms with Gasteiger partial charge in [0.15, 0.2) is 0 Å². The fraction of sp³-hybridized carbons (Fsp3) is 0.647. The molecule has 0 saturated carbocycles. The normalized spacial score (nSPS) is 20.4. The van der Waals surface area contributed by atoms with Crippen molar-refractivity contribution in [2.24, 2.45) is 5.92 Å². The number of benzene rings is 1. The van der Waals surface area contributed by atoms with Gasteiger partial charge in [-0.15, -0.1) is 24.8 Å². The van der Waals surface area contributed by atoms with Crippen LogP contribution in [0, 0.1) is 5.92 Å². The SMILES string of the molecule is Cl.Cl.FC(F)Oc1ccccc1[C@H](C1CCOCC1)N1CCNCC1. The summed E-state index contributed by atoms with van der Waals surface area (Å²) in [6, 6.07) is 7.34. The maximum absolute atomic E-state index is 12.8. The second-order valence-corrected chi connectivity index (χ2v) is 6.10. The second-order valence-electron chi connectivity index (χ2n) is 6.10.